The summed E-state index contributed by atoms with van der Waals surface area (Å²) in [6, 6.07) is 0. The number of ether oxygens (including phenoxy) is 2. The normalized spacial score (nSPS) is 14.0. The number of hydrogen-bond donors (Lipinski definition) is 0. The maximum Gasteiger partial charge on any atom is 0.211 e. The molecular formula is C11H30O4Si3. The Hall–Kier alpha value is 0.491. The van der Waals surface area contributed by atoms with Gasteiger partial charge in [-0.05, 0) is 45.8 Å². The van der Waals surface area contributed by atoms with Crippen LogP contribution in [0.25, 0.3) is 0 Å². The van der Waals surface area contributed by atoms with Crippen LogP contribution in [0.15, 0.2) is 0 Å². The van der Waals surface area contributed by atoms with Crippen molar-refractivity contribution in [3.8, 4) is 0 Å². The van der Waals surface area contributed by atoms with Gasteiger partial charge in [0.1, 0.15) is 6.79 Å². The lowest BCUT2D eigenvalue weighted by molar-refractivity contribution is -0.0294. The molecule has 0 amide bonds. The molecule has 0 aromatic heterocycles. The minimum atomic E-state index is -1.70. The van der Waals surface area contributed by atoms with Crippen LogP contribution in [0.5, 0.6) is 0 Å². The molecule has 0 aliphatic carbocycles. The molecular weight excluding hydrogens is 280 g/mol. The van der Waals surface area contributed by atoms with E-state index >= 15 is 0 Å². The third-order valence-corrected chi connectivity index (χ3v) is 9.76. The summed E-state index contributed by atoms with van der Waals surface area (Å²) in [6.07, 6.45) is 1.35. The molecule has 0 saturated heterocycles. The summed E-state index contributed by atoms with van der Waals surface area (Å²) in [4.78, 5) is 0. The standard InChI is InChI=1S/C11H30O4Si3/c1-12-17(5,6)10-13-9-14-11-18(7,8)15-16(2,3)4/h9-11H2,1-8H3. The molecule has 0 aliphatic rings. The van der Waals surface area contributed by atoms with Crippen molar-refractivity contribution in [2.75, 3.05) is 26.4 Å². The van der Waals surface area contributed by atoms with Gasteiger partial charge in [-0.15, -0.1) is 0 Å². The zero-order valence-corrected chi connectivity index (χ0v) is 16.3. The molecule has 0 N–H and O–H groups in total. The Labute approximate surface area is 115 Å². The second kappa shape index (κ2) is 7.32. The van der Waals surface area contributed by atoms with Crippen molar-refractivity contribution in [3.63, 3.8) is 0 Å². The van der Waals surface area contributed by atoms with E-state index in [1.165, 1.54) is 0 Å². The fraction of sp³-hybridized carbons (Fsp3) is 1.00. The highest BCUT2D eigenvalue weighted by Crippen LogP contribution is 2.14. The first-order valence-electron chi connectivity index (χ1n) is 6.38. The van der Waals surface area contributed by atoms with Gasteiger partial charge in [0.2, 0.25) is 8.32 Å². The van der Waals surface area contributed by atoms with Gasteiger partial charge in [0.05, 0.1) is 12.5 Å². The fourth-order valence-electron chi connectivity index (χ4n) is 1.55. The van der Waals surface area contributed by atoms with E-state index in [0.29, 0.717) is 19.3 Å². The molecule has 0 aromatic rings. The smallest absolute Gasteiger partial charge is 0.211 e. The van der Waals surface area contributed by atoms with Crippen LogP contribution < -0.4 is 0 Å². The van der Waals surface area contributed by atoms with Crippen LogP contribution in [0, 0.1) is 0 Å². The van der Waals surface area contributed by atoms with Gasteiger partial charge in [0.15, 0.2) is 16.6 Å². The SMILES string of the molecule is CO[Si](C)(C)COCOC[Si](C)(C)O[Si](C)(C)C. The molecule has 18 heavy (non-hydrogen) atoms. The van der Waals surface area contributed by atoms with Crippen molar-refractivity contribution in [3.05, 3.63) is 0 Å². The largest absolute Gasteiger partial charge is 0.454 e. The van der Waals surface area contributed by atoms with Gasteiger partial charge in [-0.25, -0.2) is 0 Å². The summed E-state index contributed by atoms with van der Waals surface area (Å²) in [5.74, 6) is 0. The van der Waals surface area contributed by atoms with Gasteiger partial charge in [-0.1, -0.05) is 0 Å². The molecule has 0 atom stereocenters. The van der Waals surface area contributed by atoms with Gasteiger partial charge < -0.3 is 18.0 Å². The third-order valence-electron chi connectivity index (χ3n) is 2.20. The van der Waals surface area contributed by atoms with Crippen LogP contribution in [0.1, 0.15) is 0 Å². The van der Waals surface area contributed by atoms with Crippen LogP contribution >= 0.6 is 0 Å². The Morgan fingerprint density at radius 3 is 1.56 bits per heavy atom. The van der Waals surface area contributed by atoms with Gasteiger partial charge in [0.25, 0.3) is 0 Å². The highest BCUT2D eigenvalue weighted by atomic mass is 28.4. The molecule has 0 rings (SSSR count). The number of hydrogen-bond acceptors (Lipinski definition) is 4. The van der Waals surface area contributed by atoms with Gasteiger partial charge in [0, 0.05) is 7.11 Å². The minimum Gasteiger partial charge on any atom is -0.454 e. The highest BCUT2D eigenvalue weighted by molar-refractivity contribution is 6.84. The molecule has 0 heterocycles. The molecule has 0 radical (unpaired) electrons. The lowest BCUT2D eigenvalue weighted by Gasteiger charge is -2.31. The first-order chi connectivity index (χ1) is 7.97. The van der Waals surface area contributed by atoms with Gasteiger partial charge in [-0.3, -0.25) is 0 Å². The van der Waals surface area contributed by atoms with E-state index in [9.17, 15) is 0 Å². The van der Waals surface area contributed by atoms with E-state index in [4.69, 9.17) is 18.0 Å². The zero-order chi connectivity index (χ0) is 14.4. The van der Waals surface area contributed by atoms with Crippen LogP contribution in [-0.4, -0.2) is 51.3 Å². The van der Waals surface area contributed by atoms with Crippen molar-refractivity contribution in [1.82, 2.24) is 0 Å². The Morgan fingerprint density at radius 1 is 0.722 bits per heavy atom. The summed E-state index contributed by atoms with van der Waals surface area (Å²) < 4.78 is 22.7. The maximum atomic E-state index is 6.18. The number of rotatable bonds is 9. The van der Waals surface area contributed by atoms with Crippen molar-refractivity contribution in [2.45, 2.75) is 45.8 Å². The van der Waals surface area contributed by atoms with E-state index in [1.807, 2.05) is 0 Å². The van der Waals surface area contributed by atoms with Crippen molar-refractivity contribution in [2.24, 2.45) is 0 Å². The lowest BCUT2D eigenvalue weighted by Crippen LogP contribution is -2.46. The van der Waals surface area contributed by atoms with Gasteiger partial charge in [-0.2, -0.15) is 0 Å². The first-order valence-corrected chi connectivity index (χ1v) is 16.0. The highest BCUT2D eigenvalue weighted by Gasteiger charge is 2.30. The molecule has 0 unspecified atom stereocenters. The van der Waals surface area contributed by atoms with Crippen molar-refractivity contribution >= 4 is 25.0 Å². The fourth-order valence-corrected chi connectivity index (χ4v) is 9.69. The molecule has 110 valence electrons. The van der Waals surface area contributed by atoms with E-state index < -0.39 is 25.0 Å². The van der Waals surface area contributed by atoms with E-state index in [1.54, 1.807) is 7.11 Å². The Balaban J connectivity index is 3.78. The monoisotopic (exact) mass is 310 g/mol. The first kappa shape index (κ1) is 18.5. The summed E-state index contributed by atoms with van der Waals surface area (Å²) in [5.41, 5.74) is 0. The summed E-state index contributed by atoms with van der Waals surface area (Å²) in [5, 5.41) is 0. The molecule has 0 aromatic carbocycles. The van der Waals surface area contributed by atoms with E-state index in [2.05, 4.69) is 45.8 Å². The van der Waals surface area contributed by atoms with E-state index in [0.717, 1.165) is 0 Å². The van der Waals surface area contributed by atoms with Crippen LogP contribution in [0.4, 0.5) is 0 Å². The summed E-state index contributed by atoms with van der Waals surface area (Å²) >= 11 is 0. The molecule has 4 nitrogen and oxygen atoms in total. The second-order valence-electron chi connectivity index (χ2n) is 6.75. The van der Waals surface area contributed by atoms with Crippen LogP contribution in [0.3, 0.4) is 0 Å². The van der Waals surface area contributed by atoms with Crippen LogP contribution in [-0.2, 0) is 18.0 Å². The molecule has 0 bridgehead atoms. The predicted octanol–water partition coefficient (Wildman–Crippen LogP) is 2.96. The molecule has 0 aliphatic heterocycles. The molecule has 0 fully saturated rings. The van der Waals surface area contributed by atoms with Gasteiger partial charge >= 0.3 is 0 Å². The Kier molecular flexibility index (Phi) is 7.52. The topological polar surface area (TPSA) is 36.9 Å². The maximum absolute atomic E-state index is 6.18. The quantitative estimate of drug-likeness (QED) is 0.373. The predicted molar refractivity (Wildman–Crippen MR) is 83.2 cm³/mol. The average Bonchev–Trinajstić information content (AvgIpc) is 2.13. The minimum absolute atomic E-state index is 0.339. The lowest BCUT2D eigenvalue weighted by atomic mass is 11.3. The Bertz CT molecular complexity index is 239. The molecule has 0 spiro atoms. The molecule has 0 saturated carbocycles. The Morgan fingerprint density at radius 2 is 1.17 bits per heavy atom. The zero-order valence-electron chi connectivity index (χ0n) is 13.3. The summed E-state index contributed by atoms with van der Waals surface area (Å²) in [7, 11) is -3.05. The van der Waals surface area contributed by atoms with E-state index in [-0.39, 0.29) is 0 Å². The van der Waals surface area contributed by atoms with Crippen molar-refractivity contribution in [1.29, 1.82) is 0 Å². The van der Waals surface area contributed by atoms with Crippen molar-refractivity contribution < 1.29 is 18.0 Å². The second-order valence-corrected chi connectivity index (χ2v) is 19.8. The molecule has 7 heteroatoms. The summed E-state index contributed by atoms with van der Waals surface area (Å²) in [6.45, 7) is 15.6. The van der Waals surface area contributed by atoms with Crippen LogP contribution in [0.2, 0.25) is 45.8 Å². The average molecular weight is 311 g/mol. The third kappa shape index (κ3) is 10.4.